The monoisotopic (exact) mass is 312 g/mol. The molecule has 0 bridgehead atoms. The molecule has 7 heteroatoms. The Morgan fingerprint density at radius 1 is 1.43 bits per heavy atom. The van der Waals surface area contributed by atoms with Gasteiger partial charge in [-0.05, 0) is 30.5 Å². The van der Waals surface area contributed by atoms with Crippen LogP contribution in [0.15, 0.2) is 24.3 Å². The third-order valence-electron chi connectivity index (χ3n) is 3.91. The van der Waals surface area contributed by atoms with Gasteiger partial charge < -0.3 is 5.32 Å². The highest BCUT2D eigenvalue weighted by molar-refractivity contribution is 5.77. The van der Waals surface area contributed by atoms with Gasteiger partial charge in [-0.2, -0.15) is 10.1 Å². The number of carbonyl (C=O) groups excluding carboxylic acids is 1. The molecule has 7 nitrogen and oxygen atoms in total. The van der Waals surface area contributed by atoms with E-state index in [1.807, 2.05) is 45.0 Å². The van der Waals surface area contributed by atoms with Gasteiger partial charge in [0.25, 0.3) is 0 Å². The summed E-state index contributed by atoms with van der Waals surface area (Å²) in [4.78, 5) is 13.3. The zero-order chi connectivity index (χ0) is 17.0. The Hall–Kier alpha value is -2.75. The van der Waals surface area contributed by atoms with Crippen molar-refractivity contribution < 1.29 is 4.79 Å². The molecular formula is C16H20N6O. The van der Waals surface area contributed by atoms with Crippen molar-refractivity contribution in [3.63, 3.8) is 0 Å². The van der Waals surface area contributed by atoms with Crippen LogP contribution in [0.5, 0.6) is 0 Å². The second kappa shape index (κ2) is 6.57. The molecule has 0 fully saturated rings. The first kappa shape index (κ1) is 16.6. The predicted molar refractivity (Wildman–Crippen MR) is 85.0 cm³/mol. The van der Waals surface area contributed by atoms with E-state index in [1.165, 1.54) is 4.80 Å². The van der Waals surface area contributed by atoms with Gasteiger partial charge in [0.1, 0.15) is 12.1 Å². The number of amides is 1. The normalized spacial score (nSPS) is 13.4. The van der Waals surface area contributed by atoms with Crippen LogP contribution in [0.4, 0.5) is 0 Å². The van der Waals surface area contributed by atoms with Crippen molar-refractivity contribution in [2.45, 2.75) is 39.8 Å². The van der Waals surface area contributed by atoms with Crippen LogP contribution in [0.1, 0.15) is 26.3 Å². The standard InChI is InChI=1S/C16H20N6O/c1-11(2)16(4,10-17)18-14(23)9-22-20-15(19-21-22)13-8-6-5-7-12(13)3/h5-8,11H,9H2,1-4H3,(H,18,23). The second-order valence-corrected chi connectivity index (χ2v) is 5.98. The van der Waals surface area contributed by atoms with Crippen LogP contribution < -0.4 is 5.32 Å². The number of nitrogens with zero attached hydrogens (tertiary/aromatic N) is 5. The fraction of sp³-hybridized carbons (Fsp3) is 0.438. The van der Waals surface area contributed by atoms with E-state index in [0.717, 1.165) is 11.1 Å². The van der Waals surface area contributed by atoms with Gasteiger partial charge in [0.2, 0.25) is 11.7 Å². The molecule has 1 atom stereocenters. The van der Waals surface area contributed by atoms with E-state index in [0.29, 0.717) is 5.82 Å². The van der Waals surface area contributed by atoms with E-state index in [-0.39, 0.29) is 18.4 Å². The van der Waals surface area contributed by atoms with Crippen molar-refractivity contribution in [3.8, 4) is 17.5 Å². The van der Waals surface area contributed by atoms with E-state index >= 15 is 0 Å². The molecule has 0 aliphatic rings. The molecule has 0 radical (unpaired) electrons. The maximum Gasteiger partial charge on any atom is 0.244 e. The lowest BCUT2D eigenvalue weighted by Crippen LogP contribution is -2.50. The molecule has 0 saturated carbocycles. The van der Waals surface area contributed by atoms with Gasteiger partial charge in [-0.3, -0.25) is 4.79 Å². The van der Waals surface area contributed by atoms with Crippen LogP contribution in [0.2, 0.25) is 0 Å². The molecule has 0 aliphatic heterocycles. The summed E-state index contributed by atoms with van der Waals surface area (Å²) in [6, 6.07) is 9.84. The zero-order valence-corrected chi connectivity index (χ0v) is 13.7. The molecule has 1 N–H and O–H groups in total. The fourth-order valence-corrected chi connectivity index (χ4v) is 2.00. The number of carbonyl (C=O) groups is 1. The van der Waals surface area contributed by atoms with Gasteiger partial charge >= 0.3 is 0 Å². The molecular weight excluding hydrogens is 292 g/mol. The average Bonchev–Trinajstić information content (AvgIpc) is 2.95. The molecule has 2 aromatic rings. The minimum atomic E-state index is -0.920. The van der Waals surface area contributed by atoms with Crippen molar-refractivity contribution in [2.75, 3.05) is 0 Å². The van der Waals surface area contributed by atoms with E-state index in [4.69, 9.17) is 0 Å². The van der Waals surface area contributed by atoms with Gasteiger partial charge in [-0.25, -0.2) is 0 Å². The topological polar surface area (TPSA) is 96.5 Å². The number of aryl methyl sites for hydroxylation is 1. The molecule has 120 valence electrons. The summed E-state index contributed by atoms with van der Waals surface area (Å²) in [7, 11) is 0. The number of nitriles is 1. The first-order valence-corrected chi connectivity index (χ1v) is 7.42. The van der Waals surface area contributed by atoms with Gasteiger partial charge in [0.15, 0.2) is 0 Å². The maximum absolute atomic E-state index is 12.1. The lowest BCUT2D eigenvalue weighted by Gasteiger charge is -2.27. The minimum absolute atomic E-state index is 0.0114. The second-order valence-electron chi connectivity index (χ2n) is 5.98. The van der Waals surface area contributed by atoms with Crippen molar-refractivity contribution in [3.05, 3.63) is 29.8 Å². The Morgan fingerprint density at radius 3 is 2.74 bits per heavy atom. The highest BCUT2D eigenvalue weighted by Gasteiger charge is 2.30. The highest BCUT2D eigenvalue weighted by atomic mass is 16.2. The molecule has 1 unspecified atom stereocenters. The number of hydrogen-bond acceptors (Lipinski definition) is 5. The summed E-state index contributed by atoms with van der Waals surface area (Å²) in [5.74, 6) is 0.141. The number of nitrogens with one attached hydrogen (secondary N) is 1. The van der Waals surface area contributed by atoms with Crippen LogP contribution in [-0.4, -0.2) is 31.7 Å². The van der Waals surface area contributed by atoms with Crippen LogP contribution in [-0.2, 0) is 11.3 Å². The summed E-state index contributed by atoms with van der Waals surface area (Å²) in [5, 5.41) is 24.1. The predicted octanol–water partition coefficient (Wildman–Crippen LogP) is 1.70. The number of tetrazole rings is 1. The Kier molecular flexibility index (Phi) is 4.74. The number of aromatic nitrogens is 4. The fourth-order valence-electron chi connectivity index (χ4n) is 2.00. The van der Waals surface area contributed by atoms with Gasteiger partial charge in [-0.15, -0.1) is 10.2 Å². The highest BCUT2D eigenvalue weighted by Crippen LogP contribution is 2.18. The summed E-state index contributed by atoms with van der Waals surface area (Å²) < 4.78 is 0. The van der Waals surface area contributed by atoms with E-state index < -0.39 is 5.54 Å². The Labute approximate surface area is 135 Å². The first-order valence-electron chi connectivity index (χ1n) is 7.42. The summed E-state index contributed by atoms with van der Waals surface area (Å²) in [6.45, 7) is 7.34. The van der Waals surface area contributed by atoms with Crippen molar-refractivity contribution in [1.82, 2.24) is 25.5 Å². The van der Waals surface area contributed by atoms with E-state index in [1.54, 1.807) is 6.92 Å². The Bertz CT molecular complexity index is 745. The molecule has 23 heavy (non-hydrogen) atoms. The van der Waals surface area contributed by atoms with Crippen molar-refractivity contribution in [1.29, 1.82) is 5.26 Å². The molecule has 1 aromatic carbocycles. The third-order valence-corrected chi connectivity index (χ3v) is 3.91. The SMILES string of the molecule is Cc1ccccc1-c1nnn(CC(=O)NC(C)(C#N)C(C)C)n1. The average molecular weight is 312 g/mol. The number of rotatable bonds is 5. The number of benzene rings is 1. The Morgan fingerprint density at radius 2 is 2.13 bits per heavy atom. The molecule has 0 saturated heterocycles. The molecule has 2 rings (SSSR count). The molecule has 0 aliphatic carbocycles. The van der Waals surface area contributed by atoms with Crippen molar-refractivity contribution in [2.24, 2.45) is 5.92 Å². The lowest BCUT2D eigenvalue weighted by atomic mass is 9.90. The van der Waals surface area contributed by atoms with Crippen LogP contribution in [0.25, 0.3) is 11.4 Å². The van der Waals surface area contributed by atoms with Gasteiger partial charge in [-0.1, -0.05) is 38.1 Å². The van der Waals surface area contributed by atoms with E-state index in [2.05, 4.69) is 26.8 Å². The summed E-state index contributed by atoms with van der Waals surface area (Å²) in [6.07, 6.45) is 0. The number of hydrogen-bond donors (Lipinski definition) is 1. The third kappa shape index (κ3) is 3.72. The van der Waals surface area contributed by atoms with Gasteiger partial charge in [0, 0.05) is 5.56 Å². The maximum atomic E-state index is 12.1. The van der Waals surface area contributed by atoms with Crippen LogP contribution >= 0.6 is 0 Å². The van der Waals surface area contributed by atoms with Gasteiger partial charge in [0.05, 0.1) is 6.07 Å². The first-order chi connectivity index (χ1) is 10.9. The summed E-state index contributed by atoms with van der Waals surface area (Å²) >= 11 is 0. The van der Waals surface area contributed by atoms with Crippen LogP contribution in [0, 0.1) is 24.2 Å². The summed E-state index contributed by atoms with van der Waals surface area (Å²) in [5.41, 5.74) is 0.993. The molecule has 1 aromatic heterocycles. The van der Waals surface area contributed by atoms with Crippen LogP contribution in [0.3, 0.4) is 0 Å². The minimum Gasteiger partial charge on any atom is -0.336 e. The zero-order valence-electron chi connectivity index (χ0n) is 13.7. The smallest absolute Gasteiger partial charge is 0.244 e. The van der Waals surface area contributed by atoms with E-state index in [9.17, 15) is 10.1 Å². The molecule has 1 heterocycles. The van der Waals surface area contributed by atoms with Crippen molar-refractivity contribution >= 4 is 5.91 Å². The molecule has 0 spiro atoms. The molecule has 1 amide bonds. The lowest BCUT2D eigenvalue weighted by molar-refractivity contribution is -0.123. The Balaban J connectivity index is 2.10. The quantitative estimate of drug-likeness (QED) is 0.906. The largest absolute Gasteiger partial charge is 0.336 e.